The summed E-state index contributed by atoms with van der Waals surface area (Å²) in [6.07, 6.45) is 12.0. The van der Waals surface area contributed by atoms with Crippen LogP contribution in [-0.4, -0.2) is 24.4 Å². The Morgan fingerprint density at radius 2 is 1.61 bits per heavy atom. The highest BCUT2D eigenvalue weighted by Crippen LogP contribution is 2.46. The largest absolute Gasteiger partial charge is 0.347 e. The molecule has 0 saturated heterocycles. The van der Waals surface area contributed by atoms with Gasteiger partial charge in [0.25, 0.3) is 0 Å². The molecule has 0 amide bonds. The predicted molar refractivity (Wildman–Crippen MR) is 138 cm³/mol. The number of fused-ring (bicyclic) bond motifs is 2. The molecule has 2 aromatic rings. The van der Waals surface area contributed by atoms with Gasteiger partial charge in [0.15, 0.2) is 5.71 Å². The van der Waals surface area contributed by atoms with Crippen LogP contribution in [0.1, 0.15) is 38.8 Å². The first-order valence-corrected chi connectivity index (χ1v) is 11.4. The molecule has 0 aromatic heterocycles. The van der Waals surface area contributed by atoms with E-state index in [4.69, 9.17) is 0 Å². The Labute approximate surface area is 198 Å². The molecule has 2 aliphatic rings. The summed E-state index contributed by atoms with van der Waals surface area (Å²) >= 11 is 0. The van der Waals surface area contributed by atoms with Crippen LogP contribution in [0.4, 0.5) is 11.4 Å². The van der Waals surface area contributed by atoms with Crippen LogP contribution in [0.5, 0.6) is 0 Å². The lowest BCUT2D eigenvalue weighted by Crippen LogP contribution is -2.26. The third-order valence-corrected chi connectivity index (χ3v) is 7.07. The normalized spacial score (nSPS) is 20.1. The van der Waals surface area contributed by atoms with Crippen molar-refractivity contribution in [3.8, 4) is 6.07 Å². The maximum atomic E-state index is 9.65. The van der Waals surface area contributed by atoms with E-state index in [1.54, 1.807) is 0 Å². The second-order valence-corrected chi connectivity index (χ2v) is 9.79. The van der Waals surface area contributed by atoms with Crippen LogP contribution in [0, 0.1) is 11.3 Å². The SMILES string of the molecule is CN1/C(=C/C=C/C(C#N)=C/C=C/C2=[N+](C)c3ccccc3C2(C)C)C(C)(C)c2ccccc21. The lowest BCUT2D eigenvalue weighted by atomic mass is 9.81. The number of nitrogens with zero attached hydrogens (tertiary/aromatic N) is 3. The molecule has 3 nitrogen and oxygen atoms in total. The summed E-state index contributed by atoms with van der Waals surface area (Å²) < 4.78 is 2.24. The average molecular weight is 435 g/mol. The fourth-order valence-corrected chi connectivity index (χ4v) is 5.22. The van der Waals surface area contributed by atoms with Crippen LogP contribution in [0.3, 0.4) is 0 Å². The highest BCUT2D eigenvalue weighted by Gasteiger charge is 2.42. The smallest absolute Gasteiger partial charge is 0.209 e. The Morgan fingerprint density at radius 3 is 2.27 bits per heavy atom. The number of hydrogen-bond donors (Lipinski definition) is 0. The number of benzene rings is 2. The number of likely N-dealkylation sites (N-methyl/N-ethyl adjacent to an activating group) is 1. The van der Waals surface area contributed by atoms with Crippen molar-refractivity contribution in [2.24, 2.45) is 0 Å². The zero-order valence-corrected chi connectivity index (χ0v) is 20.4. The minimum absolute atomic E-state index is 0.0730. The highest BCUT2D eigenvalue weighted by molar-refractivity contribution is 6.03. The summed E-state index contributed by atoms with van der Waals surface area (Å²) in [6.45, 7) is 8.98. The van der Waals surface area contributed by atoms with Gasteiger partial charge >= 0.3 is 0 Å². The Bertz CT molecular complexity index is 1290. The lowest BCUT2D eigenvalue weighted by molar-refractivity contribution is -0.401. The molecule has 3 heteroatoms. The average Bonchev–Trinajstić information content (AvgIpc) is 3.12. The summed E-state index contributed by atoms with van der Waals surface area (Å²) in [5.74, 6) is 0. The van der Waals surface area contributed by atoms with E-state index in [1.165, 1.54) is 33.9 Å². The molecule has 0 saturated carbocycles. The summed E-state index contributed by atoms with van der Waals surface area (Å²) in [5, 5.41) is 9.65. The van der Waals surface area contributed by atoms with E-state index in [0.717, 1.165) is 0 Å². The van der Waals surface area contributed by atoms with Gasteiger partial charge in [0.2, 0.25) is 5.69 Å². The zero-order valence-electron chi connectivity index (χ0n) is 20.4. The molecule has 2 aromatic carbocycles. The first kappa shape index (κ1) is 22.6. The van der Waals surface area contributed by atoms with E-state index in [2.05, 4.69) is 118 Å². The van der Waals surface area contributed by atoms with Crippen LogP contribution < -0.4 is 4.90 Å². The molecule has 0 N–H and O–H groups in total. The molecule has 0 fully saturated rings. The topological polar surface area (TPSA) is 30.0 Å². The molecule has 0 radical (unpaired) electrons. The van der Waals surface area contributed by atoms with Gasteiger partial charge in [-0.3, -0.25) is 0 Å². The van der Waals surface area contributed by atoms with Crippen LogP contribution in [0.15, 0.2) is 96.3 Å². The van der Waals surface area contributed by atoms with Gasteiger partial charge in [-0.25, -0.2) is 0 Å². The number of para-hydroxylation sites is 2. The van der Waals surface area contributed by atoms with E-state index in [-0.39, 0.29) is 10.8 Å². The van der Waals surface area contributed by atoms with Gasteiger partial charge in [0.1, 0.15) is 7.05 Å². The van der Waals surface area contributed by atoms with E-state index < -0.39 is 0 Å². The summed E-state index contributed by atoms with van der Waals surface area (Å²) in [4.78, 5) is 2.24. The van der Waals surface area contributed by atoms with E-state index >= 15 is 0 Å². The Kier molecular flexibility index (Phi) is 5.72. The maximum Gasteiger partial charge on any atom is 0.209 e. The second kappa shape index (κ2) is 8.37. The number of rotatable bonds is 4. The first-order chi connectivity index (χ1) is 15.7. The van der Waals surface area contributed by atoms with Gasteiger partial charge in [-0.1, -0.05) is 62.4 Å². The summed E-state index contributed by atoms with van der Waals surface area (Å²) in [6, 6.07) is 19.3. The molecule has 166 valence electrons. The monoisotopic (exact) mass is 434 g/mol. The number of allylic oxidation sites excluding steroid dienone is 8. The fraction of sp³-hybridized carbons (Fsp3) is 0.267. The molecule has 4 rings (SSSR count). The van der Waals surface area contributed by atoms with Crippen molar-refractivity contribution in [2.45, 2.75) is 38.5 Å². The minimum atomic E-state index is -0.0730. The molecule has 0 unspecified atom stereocenters. The van der Waals surface area contributed by atoms with Gasteiger partial charge in [-0.2, -0.15) is 9.84 Å². The number of anilines is 1. The quantitative estimate of drug-likeness (QED) is 0.310. The van der Waals surface area contributed by atoms with Gasteiger partial charge in [0, 0.05) is 41.6 Å². The molecule has 0 atom stereocenters. The number of nitriles is 1. The van der Waals surface area contributed by atoms with Gasteiger partial charge in [-0.05, 0) is 43.7 Å². The Morgan fingerprint density at radius 1 is 0.939 bits per heavy atom. The van der Waals surface area contributed by atoms with E-state index in [0.29, 0.717) is 5.57 Å². The molecule has 2 aliphatic heterocycles. The maximum absolute atomic E-state index is 9.65. The molecular weight excluding hydrogens is 402 g/mol. The van der Waals surface area contributed by atoms with Crippen LogP contribution in [-0.2, 0) is 10.8 Å². The molecule has 33 heavy (non-hydrogen) atoms. The second-order valence-electron chi connectivity index (χ2n) is 9.79. The van der Waals surface area contributed by atoms with Crippen molar-refractivity contribution < 1.29 is 4.58 Å². The van der Waals surface area contributed by atoms with Gasteiger partial charge in [-0.15, -0.1) is 0 Å². The third-order valence-electron chi connectivity index (χ3n) is 7.07. The predicted octanol–water partition coefficient (Wildman–Crippen LogP) is 6.57. The van der Waals surface area contributed by atoms with Crippen molar-refractivity contribution in [1.82, 2.24) is 0 Å². The minimum Gasteiger partial charge on any atom is -0.347 e. The highest BCUT2D eigenvalue weighted by atomic mass is 15.2. The summed E-state index contributed by atoms with van der Waals surface area (Å²) in [7, 11) is 4.21. The zero-order chi connectivity index (χ0) is 23.8. The molecule has 0 aliphatic carbocycles. The van der Waals surface area contributed by atoms with Crippen molar-refractivity contribution in [3.05, 3.63) is 107 Å². The van der Waals surface area contributed by atoms with Crippen molar-refractivity contribution >= 4 is 17.1 Å². The molecule has 0 spiro atoms. The van der Waals surface area contributed by atoms with Gasteiger partial charge < -0.3 is 4.90 Å². The van der Waals surface area contributed by atoms with Crippen molar-refractivity contribution in [2.75, 3.05) is 19.0 Å². The van der Waals surface area contributed by atoms with Crippen molar-refractivity contribution in [1.29, 1.82) is 5.26 Å². The molecule has 0 bridgehead atoms. The first-order valence-electron chi connectivity index (χ1n) is 11.4. The Hall–Kier alpha value is -3.64. The van der Waals surface area contributed by atoms with E-state index in [9.17, 15) is 5.26 Å². The fourth-order valence-electron chi connectivity index (χ4n) is 5.22. The van der Waals surface area contributed by atoms with Gasteiger partial charge in [0.05, 0.1) is 17.1 Å². The van der Waals surface area contributed by atoms with E-state index in [1.807, 2.05) is 24.3 Å². The van der Waals surface area contributed by atoms with Crippen LogP contribution in [0.2, 0.25) is 0 Å². The van der Waals surface area contributed by atoms with Crippen LogP contribution >= 0.6 is 0 Å². The standard InChI is InChI=1S/C30H32N3/c1-29(2)23-15-7-9-17-25(23)32(5)27(29)19-11-13-22(21-31)14-12-20-28-30(3,4)24-16-8-10-18-26(24)33(28)6/h7-20H,1-6H3/q+1. The summed E-state index contributed by atoms with van der Waals surface area (Å²) in [5.41, 5.74) is 8.04. The molecular formula is C30H32N3+. The Balaban J connectivity index is 1.55. The molecule has 2 heterocycles. The number of hydrogen-bond acceptors (Lipinski definition) is 2. The third kappa shape index (κ3) is 3.76. The van der Waals surface area contributed by atoms with Crippen LogP contribution in [0.25, 0.3) is 0 Å². The lowest BCUT2D eigenvalue weighted by Gasteiger charge is -2.23. The van der Waals surface area contributed by atoms with Crippen molar-refractivity contribution in [3.63, 3.8) is 0 Å².